The second kappa shape index (κ2) is 4.16. The number of nitro groups is 1. The molecule has 1 aromatic carbocycles. The van der Waals surface area contributed by atoms with Crippen LogP contribution in [-0.2, 0) is 6.42 Å². The maximum atomic E-state index is 10.5. The largest absolute Gasteiger partial charge is 0.390 e. The van der Waals surface area contributed by atoms with E-state index in [2.05, 4.69) is 0 Å². The molecule has 0 fully saturated rings. The van der Waals surface area contributed by atoms with Gasteiger partial charge in [0.15, 0.2) is 0 Å². The van der Waals surface area contributed by atoms with E-state index in [0.29, 0.717) is 6.42 Å². The van der Waals surface area contributed by atoms with Crippen molar-refractivity contribution in [2.24, 2.45) is 0 Å². The lowest BCUT2D eigenvalue weighted by molar-refractivity contribution is -0.384. The maximum Gasteiger partial charge on any atom is 0.287 e. The second-order valence-electron chi connectivity index (χ2n) is 4.03. The molecule has 0 amide bonds. The molecule has 1 rings (SSSR count). The number of aliphatic hydroxyl groups is 1. The summed E-state index contributed by atoms with van der Waals surface area (Å²) in [6.45, 7) is 3.34. The summed E-state index contributed by atoms with van der Waals surface area (Å²) in [5.41, 5.74) is -0.186. The fourth-order valence-corrected chi connectivity index (χ4v) is 1.58. The molecule has 0 saturated carbocycles. The minimum atomic E-state index is -0.848. The van der Waals surface area contributed by atoms with E-state index >= 15 is 0 Å². The SMILES string of the molecule is CC(C)(O)Cc1ccc([N+](=O)[O-])c(Cl)c1. The summed E-state index contributed by atoms with van der Waals surface area (Å²) >= 11 is 5.73. The van der Waals surface area contributed by atoms with E-state index in [1.54, 1.807) is 19.9 Å². The fraction of sp³-hybridized carbons (Fsp3) is 0.400. The highest BCUT2D eigenvalue weighted by molar-refractivity contribution is 6.32. The molecule has 0 bridgehead atoms. The molecule has 0 aliphatic carbocycles. The minimum absolute atomic E-state index is 0.0988. The Labute approximate surface area is 92.6 Å². The van der Waals surface area contributed by atoms with Crippen LogP contribution >= 0.6 is 11.6 Å². The van der Waals surface area contributed by atoms with Crippen molar-refractivity contribution in [3.63, 3.8) is 0 Å². The van der Waals surface area contributed by atoms with Crippen LogP contribution in [-0.4, -0.2) is 15.6 Å². The van der Waals surface area contributed by atoms with Gasteiger partial charge in [0.25, 0.3) is 5.69 Å². The Morgan fingerprint density at radius 2 is 2.13 bits per heavy atom. The lowest BCUT2D eigenvalue weighted by atomic mass is 9.99. The molecular weight excluding hydrogens is 218 g/mol. The molecule has 0 aromatic heterocycles. The first-order chi connectivity index (χ1) is 6.79. The molecule has 0 saturated heterocycles. The Morgan fingerprint density at radius 1 is 1.53 bits per heavy atom. The first-order valence-electron chi connectivity index (χ1n) is 4.45. The van der Waals surface area contributed by atoms with Crippen LogP contribution in [0.4, 0.5) is 5.69 Å². The third-order valence-corrected chi connectivity index (χ3v) is 2.15. The van der Waals surface area contributed by atoms with Crippen molar-refractivity contribution < 1.29 is 10.0 Å². The van der Waals surface area contributed by atoms with Gasteiger partial charge in [-0.1, -0.05) is 17.7 Å². The van der Waals surface area contributed by atoms with Crippen LogP contribution in [0.2, 0.25) is 5.02 Å². The molecular formula is C10H12ClNO3. The summed E-state index contributed by atoms with van der Waals surface area (Å²) in [6, 6.07) is 4.46. The van der Waals surface area contributed by atoms with Crippen LogP contribution in [0.15, 0.2) is 18.2 Å². The van der Waals surface area contributed by atoms with Crippen LogP contribution in [0, 0.1) is 10.1 Å². The number of benzene rings is 1. The topological polar surface area (TPSA) is 63.4 Å². The van der Waals surface area contributed by atoms with Gasteiger partial charge in [-0.15, -0.1) is 0 Å². The summed E-state index contributed by atoms with van der Waals surface area (Å²) < 4.78 is 0. The molecule has 5 heteroatoms. The number of halogens is 1. The first kappa shape index (κ1) is 11.9. The normalized spacial score (nSPS) is 11.5. The van der Waals surface area contributed by atoms with Crippen molar-refractivity contribution in [1.29, 1.82) is 0 Å². The average Bonchev–Trinajstić information content (AvgIpc) is 1.99. The lowest BCUT2D eigenvalue weighted by Gasteiger charge is -2.16. The zero-order chi connectivity index (χ0) is 11.6. The van der Waals surface area contributed by atoms with Gasteiger partial charge in [-0.05, 0) is 25.5 Å². The number of nitrogens with zero attached hydrogens (tertiary/aromatic N) is 1. The molecule has 0 spiro atoms. The summed E-state index contributed by atoms with van der Waals surface area (Å²) in [5, 5.41) is 20.2. The molecule has 15 heavy (non-hydrogen) atoms. The highest BCUT2D eigenvalue weighted by Crippen LogP contribution is 2.26. The van der Waals surface area contributed by atoms with E-state index in [1.165, 1.54) is 12.1 Å². The van der Waals surface area contributed by atoms with Crippen LogP contribution < -0.4 is 0 Å². The van der Waals surface area contributed by atoms with E-state index in [1.807, 2.05) is 0 Å². The van der Waals surface area contributed by atoms with Crippen molar-refractivity contribution in [2.75, 3.05) is 0 Å². The third-order valence-electron chi connectivity index (χ3n) is 1.85. The summed E-state index contributed by atoms with van der Waals surface area (Å²) in [5.74, 6) is 0. The Kier molecular flexibility index (Phi) is 3.31. The summed E-state index contributed by atoms with van der Waals surface area (Å²) in [6.07, 6.45) is 0.407. The Hall–Kier alpha value is -1.13. The van der Waals surface area contributed by atoms with Gasteiger partial charge >= 0.3 is 0 Å². The molecule has 1 aromatic rings. The first-order valence-corrected chi connectivity index (χ1v) is 4.82. The number of nitro benzene ring substituents is 1. The van der Waals surface area contributed by atoms with E-state index in [9.17, 15) is 15.2 Å². The van der Waals surface area contributed by atoms with Gasteiger partial charge in [-0.3, -0.25) is 10.1 Å². The zero-order valence-electron chi connectivity index (χ0n) is 8.53. The molecule has 0 aliphatic rings. The van der Waals surface area contributed by atoms with Crippen molar-refractivity contribution in [3.8, 4) is 0 Å². The second-order valence-corrected chi connectivity index (χ2v) is 4.44. The van der Waals surface area contributed by atoms with Crippen LogP contribution in [0.1, 0.15) is 19.4 Å². The quantitative estimate of drug-likeness (QED) is 0.640. The summed E-state index contributed by atoms with van der Waals surface area (Å²) in [4.78, 5) is 9.96. The van der Waals surface area contributed by atoms with Crippen molar-refractivity contribution in [1.82, 2.24) is 0 Å². The van der Waals surface area contributed by atoms with Gasteiger partial charge in [0.2, 0.25) is 0 Å². The highest BCUT2D eigenvalue weighted by atomic mass is 35.5. The van der Waals surface area contributed by atoms with E-state index < -0.39 is 10.5 Å². The number of rotatable bonds is 3. The van der Waals surface area contributed by atoms with Gasteiger partial charge in [-0.25, -0.2) is 0 Å². The van der Waals surface area contributed by atoms with Crippen LogP contribution in [0.25, 0.3) is 0 Å². The van der Waals surface area contributed by atoms with Crippen molar-refractivity contribution in [2.45, 2.75) is 25.9 Å². The molecule has 82 valence electrons. The lowest BCUT2D eigenvalue weighted by Crippen LogP contribution is -2.21. The molecule has 0 radical (unpaired) electrons. The predicted octanol–water partition coefficient (Wildman–Crippen LogP) is 2.56. The molecule has 4 nitrogen and oxygen atoms in total. The number of hydrogen-bond donors (Lipinski definition) is 1. The fourth-order valence-electron chi connectivity index (χ4n) is 1.31. The minimum Gasteiger partial charge on any atom is -0.390 e. The van der Waals surface area contributed by atoms with E-state index in [4.69, 9.17) is 11.6 Å². The van der Waals surface area contributed by atoms with Crippen LogP contribution in [0.3, 0.4) is 0 Å². The highest BCUT2D eigenvalue weighted by Gasteiger charge is 2.17. The van der Waals surface area contributed by atoms with Crippen molar-refractivity contribution in [3.05, 3.63) is 38.9 Å². The standard InChI is InChI=1S/C10H12ClNO3/c1-10(2,13)6-7-3-4-9(12(14)15)8(11)5-7/h3-5,13H,6H2,1-2H3. The smallest absolute Gasteiger partial charge is 0.287 e. The Balaban J connectivity index is 2.97. The molecule has 1 N–H and O–H groups in total. The van der Waals surface area contributed by atoms with E-state index in [0.717, 1.165) is 5.56 Å². The monoisotopic (exact) mass is 229 g/mol. The van der Waals surface area contributed by atoms with Gasteiger partial charge in [-0.2, -0.15) is 0 Å². The van der Waals surface area contributed by atoms with Gasteiger partial charge < -0.3 is 5.11 Å². The molecule has 0 aliphatic heterocycles. The average molecular weight is 230 g/mol. The van der Waals surface area contributed by atoms with Crippen molar-refractivity contribution >= 4 is 17.3 Å². The number of hydrogen-bond acceptors (Lipinski definition) is 3. The molecule has 0 atom stereocenters. The Morgan fingerprint density at radius 3 is 2.53 bits per heavy atom. The summed E-state index contributed by atoms with van der Waals surface area (Å²) in [7, 11) is 0. The maximum absolute atomic E-state index is 10.5. The van der Waals surface area contributed by atoms with Crippen LogP contribution in [0.5, 0.6) is 0 Å². The zero-order valence-corrected chi connectivity index (χ0v) is 9.28. The van der Waals surface area contributed by atoms with Gasteiger partial charge in [0.1, 0.15) is 5.02 Å². The molecule has 0 unspecified atom stereocenters. The third kappa shape index (κ3) is 3.49. The van der Waals surface area contributed by atoms with Gasteiger partial charge in [0, 0.05) is 12.5 Å². The van der Waals surface area contributed by atoms with Gasteiger partial charge in [0.05, 0.1) is 10.5 Å². The van der Waals surface area contributed by atoms with E-state index in [-0.39, 0.29) is 10.7 Å². The Bertz CT molecular complexity index is 385. The predicted molar refractivity (Wildman–Crippen MR) is 58.1 cm³/mol. The molecule has 0 heterocycles.